The van der Waals surface area contributed by atoms with Crippen molar-refractivity contribution in [3.63, 3.8) is 0 Å². The van der Waals surface area contributed by atoms with Crippen LogP contribution in [0.15, 0.2) is 5.38 Å². The molecule has 0 aliphatic carbocycles. The highest BCUT2D eigenvalue weighted by molar-refractivity contribution is 7.13. The molecule has 4 nitrogen and oxygen atoms in total. The summed E-state index contributed by atoms with van der Waals surface area (Å²) in [5, 5.41) is 2.99. The lowest BCUT2D eigenvalue weighted by molar-refractivity contribution is -0.139. The minimum absolute atomic E-state index is 0.228. The molecule has 0 bridgehead atoms. The van der Waals surface area contributed by atoms with E-state index in [1.165, 1.54) is 20.0 Å². The molecule has 0 unspecified atom stereocenters. The summed E-state index contributed by atoms with van der Waals surface area (Å²) in [7, 11) is 1.40. The van der Waals surface area contributed by atoms with E-state index in [1.807, 2.05) is 5.38 Å². The predicted octanol–water partition coefficient (Wildman–Crippen LogP) is 2.09. The maximum atomic E-state index is 11.1. The van der Waals surface area contributed by atoms with Crippen molar-refractivity contribution in [3.05, 3.63) is 11.1 Å². The molecule has 94 valence electrons. The van der Waals surface area contributed by atoms with Gasteiger partial charge in [0.15, 0.2) is 5.13 Å². The summed E-state index contributed by atoms with van der Waals surface area (Å²) in [6.07, 6.45) is 2.73. The Balaban J connectivity index is 1.96. The second kappa shape index (κ2) is 5.49. The zero-order valence-electron chi connectivity index (χ0n) is 10.3. The minimum atomic E-state index is -0.228. The third-order valence-corrected chi connectivity index (χ3v) is 4.10. The largest absolute Gasteiger partial charge is 0.469 e. The van der Waals surface area contributed by atoms with Gasteiger partial charge in [0.05, 0.1) is 19.2 Å². The van der Waals surface area contributed by atoms with Gasteiger partial charge in [0.2, 0.25) is 0 Å². The molecule has 0 spiro atoms. The number of thiazole rings is 1. The molecular formula is C12H18N2O2S. The lowest BCUT2D eigenvalue weighted by atomic mass is 10.00. The molecule has 1 fully saturated rings. The molecule has 0 aromatic carbocycles. The Kier molecular flexibility index (Phi) is 3.99. The van der Waals surface area contributed by atoms with Crippen molar-refractivity contribution in [1.29, 1.82) is 0 Å². The van der Waals surface area contributed by atoms with Gasteiger partial charge in [-0.15, -0.1) is 11.3 Å². The molecule has 2 heterocycles. The summed E-state index contributed by atoms with van der Waals surface area (Å²) in [5.74, 6) is 0.592. The van der Waals surface area contributed by atoms with Gasteiger partial charge in [0, 0.05) is 18.5 Å². The van der Waals surface area contributed by atoms with Crippen molar-refractivity contribution in [1.82, 2.24) is 4.98 Å². The highest BCUT2D eigenvalue weighted by atomic mass is 32.1. The third-order valence-electron chi connectivity index (χ3n) is 3.15. The summed E-state index contributed by atoms with van der Waals surface area (Å²) < 4.78 is 4.64. The minimum Gasteiger partial charge on any atom is -0.469 e. The number of carbonyl (C=O) groups is 1. The Morgan fingerprint density at radius 1 is 1.59 bits per heavy atom. The van der Waals surface area contributed by atoms with E-state index in [1.54, 1.807) is 11.3 Å². The number of hydrogen-bond acceptors (Lipinski definition) is 5. The van der Waals surface area contributed by atoms with E-state index < -0.39 is 0 Å². The Bertz CT molecular complexity index is 384. The van der Waals surface area contributed by atoms with Crippen LogP contribution in [0.2, 0.25) is 0 Å². The standard InChI is InChI=1S/C12H18N2O2S/c1-9-3-5-14(6-4-9)12-13-10(8-17-12)7-11(15)16-2/h8-9H,3-7H2,1-2H3. The van der Waals surface area contributed by atoms with E-state index in [0.717, 1.165) is 29.8 Å². The molecule has 1 saturated heterocycles. The molecule has 5 heteroatoms. The number of carbonyl (C=O) groups excluding carboxylic acids is 1. The van der Waals surface area contributed by atoms with Crippen LogP contribution in [0.4, 0.5) is 5.13 Å². The van der Waals surface area contributed by atoms with Gasteiger partial charge in [-0.1, -0.05) is 6.92 Å². The zero-order valence-corrected chi connectivity index (χ0v) is 11.1. The van der Waals surface area contributed by atoms with E-state index in [9.17, 15) is 4.79 Å². The quantitative estimate of drug-likeness (QED) is 0.775. The molecule has 0 saturated carbocycles. The van der Waals surface area contributed by atoms with Crippen molar-refractivity contribution < 1.29 is 9.53 Å². The van der Waals surface area contributed by atoms with Gasteiger partial charge in [0.1, 0.15) is 0 Å². The van der Waals surface area contributed by atoms with Gasteiger partial charge in [-0.25, -0.2) is 4.98 Å². The molecule has 17 heavy (non-hydrogen) atoms. The molecule has 1 aliphatic rings. The van der Waals surface area contributed by atoms with Crippen LogP contribution in [-0.2, 0) is 16.0 Å². The van der Waals surface area contributed by atoms with Crippen molar-refractivity contribution in [2.75, 3.05) is 25.1 Å². The summed E-state index contributed by atoms with van der Waals surface area (Å²) >= 11 is 1.62. The smallest absolute Gasteiger partial charge is 0.311 e. The molecular weight excluding hydrogens is 236 g/mol. The Hall–Kier alpha value is -1.10. The molecule has 0 atom stereocenters. The number of ether oxygens (including phenoxy) is 1. The van der Waals surface area contributed by atoms with Crippen molar-refractivity contribution >= 4 is 22.4 Å². The summed E-state index contributed by atoms with van der Waals surface area (Å²) in [6, 6.07) is 0. The van der Waals surface area contributed by atoms with Gasteiger partial charge in [-0.05, 0) is 18.8 Å². The summed E-state index contributed by atoms with van der Waals surface area (Å²) in [5.41, 5.74) is 0.815. The second-order valence-corrected chi connectivity index (χ2v) is 5.38. The first-order valence-electron chi connectivity index (χ1n) is 5.95. The zero-order chi connectivity index (χ0) is 12.3. The topological polar surface area (TPSA) is 42.4 Å². The lowest BCUT2D eigenvalue weighted by Crippen LogP contribution is -2.32. The fraction of sp³-hybridized carbons (Fsp3) is 0.667. The van der Waals surface area contributed by atoms with E-state index in [2.05, 4.69) is 21.5 Å². The van der Waals surface area contributed by atoms with Crippen LogP contribution in [-0.4, -0.2) is 31.2 Å². The molecule has 0 radical (unpaired) electrons. The van der Waals surface area contributed by atoms with Crippen molar-refractivity contribution in [3.8, 4) is 0 Å². The van der Waals surface area contributed by atoms with Crippen LogP contribution >= 0.6 is 11.3 Å². The van der Waals surface area contributed by atoms with Gasteiger partial charge in [-0.2, -0.15) is 0 Å². The Labute approximate surface area is 106 Å². The number of piperidine rings is 1. The van der Waals surface area contributed by atoms with Gasteiger partial charge >= 0.3 is 5.97 Å². The normalized spacial score (nSPS) is 17.2. The lowest BCUT2D eigenvalue weighted by Gasteiger charge is -2.29. The molecule has 1 aliphatic heterocycles. The first-order valence-corrected chi connectivity index (χ1v) is 6.83. The number of hydrogen-bond donors (Lipinski definition) is 0. The van der Waals surface area contributed by atoms with Crippen LogP contribution in [0.5, 0.6) is 0 Å². The molecule has 1 aromatic heterocycles. The number of anilines is 1. The summed E-state index contributed by atoms with van der Waals surface area (Å²) in [6.45, 7) is 4.45. The maximum Gasteiger partial charge on any atom is 0.311 e. The van der Waals surface area contributed by atoms with Crippen LogP contribution < -0.4 is 4.90 Å². The average Bonchev–Trinajstić information content (AvgIpc) is 2.78. The van der Waals surface area contributed by atoms with Gasteiger partial charge in [0.25, 0.3) is 0 Å². The van der Waals surface area contributed by atoms with E-state index in [0.29, 0.717) is 0 Å². The number of aromatic nitrogens is 1. The van der Waals surface area contributed by atoms with Crippen LogP contribution in [0.25, 0.3) is 0 Å². The number of methoxy groups -OCH3 is 1. The molecule has 0 amide bonds. The maximum absolute atomic E-state index is 11.1. The van der Waals surface area contributed by atoms with Crippen molar-refractivity contribution in [2.24, 2.45) is 5.92 Å². The van der Waals surface area contributed by atoms with E-state index in [4.69, 9.17) is 0 Å². The number of nitrogens with zero attached hydrogens (tertiary/aromatic N) is 2. The third kappa shape index (κ3) is 3.19. The van der Waals surface area contributed by atoms with Crippen LogP contribution in [0, 0.1) is 5.92 Å². The van der Waals surface area contributed by atoms with Crippen LogP contribution in [0.3, 0.4) is 0 Å². The Morgan fingerprint density at radius 2 is 2.29 bits per heavy atom. The van der Waals surface area contributed by atoms with Gasteiger partial charge < -0.3 is 9.64 Å². The molecule has 0 N–H and O–H groups in total. The van der Waals surface area contributed by atoms with Gasteiger partial charge in [-0.3, -0.25) is 4.79 Å². The first kappa shape index (κ1) is 12.4. The SMILES string of the molecule is COC(=O)Cc1csc(N2CCC(C)CC2)n1. The monoisotopic (exact) mass is 254 g/mol. The number of esters is 1. The average molecular weight is 254 g/mol. The summed E-state index contributed by atoms with van der Waals surface area (Å²) in [4.78, 5) is 17.9. The fourth-order valence-corrected chi connectivity index (χ4v) is 2.82. The van der Waals surface area contributed by atoms with E-state index in [-0.39, 0.29) is 12.4 Å². The number of rotatable bonds is 3. The van der Waals surface area contributed by atoms with E-state index >= 15 is 0 Å². The first-order chi connectivity index (χ1) is 8.19. The highest BCUT2D eigenvalue weighted by Gasteiger charge is 2.18. The Morgan fingerprint density at radius 3 is 2.94 bits per heavy atom. The molecule has 2 rings (SSSR count). The predicted molar refractivity (Wildman–Crippen MR) is 68.4 cm³/mol. The highest BCUT2D eigenvalue weighted by Crippen LogP contribution is 2.26. The van der Waals surface area contributed by atoms with Crippen LogP contribution in [0.1, 0.15) is 25.5 Å². The van der Waals surface area contributed by atoms with Crippen molar-refractivity contribution in [2.45, 2.75) is 26.2 Å². The second-order valence-electron chi connectivity index (χ2n) is 4.54. The molecule has 1 aromatic rings. The fourth-order valence-electron chi connectivity index (χ4n) is 1.94.